The molecule has 0 aliphatic carbocycles. The number of phenolic OH excluding ortho intramolecular Hbond substituents is 1. The van der Waals surface area contributed by atoms with E-state index >= 15 is 0 Å². The van der Waals surface area contributed by atoms with Gasteiger partial charge in [-0.1, -0.05) is 28.1 Å². The summed E-state index contributed by atoms with van der Waals surface area (Å²) < 4.78 is 25.4. The molecule has 1 saturated heterocycles. The molecule has 0 aromatic heterocycles. The number of hydrogen-bond acceptors (Lipinski definition) is 4. The fourth-order valence-corrected chi connectivity index (χ4v) is 4.55. The molecule has 0 bridgehead atoms. The normalized spacial score (nSPS) is 19.6. The van der Waals surface area contributed by atoms with E-state index in [9.17, 15) is 9.50 Å². The highest BCUT2D eigenvalue weighted by Gasteiger charge is 2.24. The lowest BCUT2D eigenvalue weighted by atomic mass is 9.96. The average Bonchev–Trinajstić information content (AvgIpc) is 3.09. The molecule has 0 saturated carbocycles. The van der Waals surface area contributed by atoms with Gasteiger partial charge in [-0.15, -0.1) is 0 Å². The van der Waals surface area contributed by atoms with Crippen LogP contribution < -0.4 is 9.47 Å². The quantitative estimate of drug-likeness (QED) is 0.646. The maximum Gasteiger partial charge on any atom is 0.130 e. The van der Waals surface area contributed by atoms with Crippen LogP contribution in [0.4, 0.5) is 4.39 Å². The summed E-state index contributed by atoms with van der Waals surface area (Å²) in [5.41, 5.74) is 3.10. The minimum Gasteiger partial charge on any atom is -0.508 e. The number of likely N-dealkylation sites (tertiary alicyclic amines) is 1. The molecule has 1 N–H and O–H groups in total. The summed E-state index contributed by atoms with van der Waals surface area (Å²) in [5.74, 6) is 1.73. The zero-order valence-electron chi connectivity index (χ0n) is 16.2. The molecule has 2 aromatic carbocycles. The van der Waals surface area contributed by atoms with Crippen LogP contribution in [0, 0.1) is 0 Å². The van der Waals surface area contributed by atoms with Crippen molar-refractivity contribution in [3.8, 4) is 17.2 Å². The number of aromatic hydroxyl groups is 1. The lowest BCUT2D eigenvalue weighted by Crippen LogP contribution is -2.26. The number of phenols is 1. The van der Waals surface area contributed by atoms with Crippen molar-refractivity contribution in [1.29, 1.82) is 0 Å². The van der Waals surface area contributed by atoms with Crippen LogP contribution in [0.2, 0.25) is 0 Å². The zero-order valence-corrected chi connectivity index (χ0v) is 17.8. The van der Waals surface area contributed by atoms with Crippen LogP contribution in [0.3, 0.4) is 0 Å². The zero-order chi connectivity index (χ0) is 20.2. The van der Waals surface area contributed by atoms with E-state index in [1.54, 1.807) is 12.1 Å². The molecule has 0 spiro atoms. The van der Waals surface area contributed by atoms with Gasteiger partial charge in [0.25, 0.3) is 0 Å². The van der Waals surface area contributed by atoms with Crippen molar-refractivity contribution >= 4 is 21.5 Å². The summed E-state index contributed by atoms with van der Waals surface area (Å²) in [6.45, 7) is 2.92. The predicted octanol–water partition coefficient (Wildman–Crippen LogP) is 5.14. The number of ether oxygens (including phenoxy) is 2. The Hall–Kier alpha value is -2.05. The molecule has 2 heterocycles. The third-order valence-corrected chi connectivity index (χ3v) is 6.16. The van der Waals surface area contributed by atoms with Crippen LogP contribution in [0.15, 0.2) is 46.9 Å². The fourth-order valence-electron chi connectivity index (χ4n) is 3.94. The number of fused-ring (bicyclic) bond motifs is 1. The van der Waals surface area contributed by atoms with Crippen molar-refractivity contribution in [2.24, 2.45) is 0 Å². The second kappa shape index (κ2) is 9.18. The molecule has 6 heteroatoms. The molecule has 4 rings (SSSR count). The highest BCUT2D eigenvalue weighted by molar-refractivity contribution is 9.11. The Balaban J connectivity index is 1.50. The van der Waals surface area contributed by atoms with Crippen molar-refractivity contribution in [1.82, 2.24) is 4.90 Å². The van der Waals surface area contributed by atoms with E-state index in [0.29, 0.717) is 18.8 Å². The molecule has 29 heavy (non-hydrogen) atoms. The number of hydrogen-bond donors (Lipinski definition) is 1. The Labute approximate surface area is 179 Å². The van der Waals surface area contributed by atoms with Crippen LogP contribution in [-0.2, 0) is 0 Å². The van der Waals surface area contributed by atoms with Crippen molar-refractivity contribution in [3.05, 3.63) is 58.1 Å². The van der Waals surface area contributed by atoms with Gasteiger partial charge in [-0.2, -0.15) is 0 Å². The van der Waals surface area contributed by atoms with E-state index < -0.39 is 0 Å². The summed E-state index contributed by atoms with van der Waals surface area (Å²) >= 11 is 3.72. The Bertz CT molecular complexity index is 884. The largest absolute Gasteiger partial charge is 0.508 e. The number of benzene rings is 2. The van der Waals surface area contributed by atoms with Gasteiger partial charge in [0.2, 0.25) is 0 Å². The SMILES string of the molecule is Oc1ccc2c(c1)OCCC(Br)=C2c1ccc(O[C@H]2CCN(CCCF)C2)cc1. The fraction of sp³-hybridized carbons (Fsp3) is 0.391. The van der Waals surface area contributed by atoms with Crippen LogP contribution in [0.5, 0.6) is 17.2 Å². The first-order valence-corrected chi connectivity index (χ1v) is 10.8. The van der Waals surface area contributed by atoms with Gasteiger partial charge in [0, 0.05) is 47.7 Å². The summed E-state index contributed by atoms with van der Waals surface area (Å²) in [6, 6.07) is 13.3. The molecule has 2 aliphatic rings. The average molecular weight is 462 g/mol. The molecule has 1 atom stereocenters. The number of nitrogens with zero attached hydrogens (tertiary/aromatic N) is 1. The molecule has 4 nitrogen and oxygen atoms in total. The molecule has 0 unspecified atom stereocenters. The summed E-state index contributed by atoms with van der Waals surface area (Å²) in [6.07, 6.45) is 2.48. The Morgan fingerprint density at radius 3 is 2.83 bits per heavy atom. The van der Waals surface area contributed by atoms with E-state index in [4.69, 9.17) is 9.47 Å². The number of rotatable bonds is 6. The van der Waals surface area contributed by atoms with Gasteiger partial charge in [0.05, 0.1) is 13.3 Å². The third kappa shape index (κ3) is 4.75. The van der Waals surface area contributed by atoms with Crippen LogP contribution in [0.1, 0.15) is 30.4 Å². The first kappa shape index (κ1) is 20.2. The Morgan fingerprint density at radius 1 is 1.21 bits per heavy atom. The highest BCUT2D eigenvalue weighted by Crippen LogP contribution is 2.40. The molecular weight excluding hydrogens is 437 g/mol. The van der Waals surface area contributed by atoms with E-state index in [-0.39, 0.29) is 18.5 Å². The molecule has 2 aliphatic heterocycles. The maximum atomic E-state index is 12.4. The van der Waals surface area contributed by atoms with Crippen molar-refractivity contribution < 1.29 is 19.0 Å². The predicted molar refractivity (Wildman–Crippen MR) is 116 cm³/mol. The topological polar surface area (TPSA) is 41.9 Å². The van der Waals surface area contributed by atoms with Gasteiger partial charge in [0.15, 0.2) is 0 Å². The molecule has 154 valence electrons. The van der Waals surface area contributed by atoms with Gasteiger partial charge in [-0.25, -0.2) is 0 Å². The molecular formula is C23H25BrFNO3. The van der Waals surface area contributed by atoms with E-state index in [1.165, 1.54) is 0 Å². The molecule has 0 amide bonds. The molecule has 1 fully saturated rings. The van der Waals surface area contributed by atoms with Crippen molar-refractivity contribution in [2.45, 2.75) is 25.4 Å². The van der Waals surface area contributed by atoms with Gasteiger partial charge in [-0.3, -0.25) is 9.29 Å². The lowest BCUT2D eigenvalue weighted by molar-refractivity contribution is 0.198. The summed E-state index contributed by atoms with van der Waals surface area (Å²) in [7, 11) is 0. The van der Waals surface area contributed by atoms with Gasteiger partial charge in [0.1, 0.15) is 23.4 Å². The van der Waals surface area contributed by atoms with Crippen LogP contribution >= 0.6 is 15.9 Å². The van der Waals surface area contributed by atoms with E-state index in [0.717, 1.165) is 59.4 Å². The molecule has 0 radical (unpaired) electrons. The van der Waals surface area contributed by atoms with Crippen molar-refractivity contribution in [3.63, 3.8) is 0 Å². The van der Waals surface area contributed by atoms with Gasteiger partial charge < -0.3 is 14.6 Å². The smallest absolute Gasteiger partial charge is 0.130 e. The second-order valence-electron chi connectivity index (χ2n) is 7.45. The Morgan fingerprint density at radius 2 is 2.03 bits per heavy atom. The van der Waals surface area contributed by atoms with Crippen LogP contribution in [-0.4, -0.2) is 49.0 Å². The lowest BCUT2D eigenvalue weighted by Gasteiger charge is -2.17. The second-order valence-corrected chi connectivity index (χ2v) is 8.41. The first-order chi connectivity index (χ1) is 14.1. The monoisotopic (exact) mass is 461 g/mol. The highest BCUT2D eigenvalue weighted by atomic mass is 79.9. The third-order valence-electron chi connectivity index (χ3n) is 5.37. The maximum absolute atomic E-state index is 12.4. The van der Waals surface area contributed by atoms with Crippen LogP contribution in [0.25, 0.3) is 5.57 Å². The molecule has 2 aromatic rings. The minimum atomic E-state index is -0.261. The van der Waals surface area contributed by atoms with Crippen molar-refractivity contribution in [2.75, 3.05) is 32.9 Å². The minimum absolute atomic E-state index is 0.154. The number of halogens is 2. The Kier molecular flexibility index (Phi) is 6.40. The summed E-state index contributed by atoms with van der Waals surface area (Å²) in [5, 5.41) is 9.80. The first-order valence-electron chi connectivity index (χ1n) is 10.0. The van der Waals surface area contributed by atoms with E-state index in [1.807, 2.05) is 18.2 Å². The standard InChI is InChI=1S/C23H25BrFNO3/c24-21-9-13-28-22-14-17(27)4-7-20(22)23(21)16-2-5-18(6-3-16)29-19-8-12-26(15-19)11-1-10-25/h2-7,14,19,27H,1,8-13,15H2/t19-/m0/s1. The van der Waals surface area contributed by atoms with Gasteiger partial charge >= 0.3 is 0 Å². The van der Waals surface area contributed by atoms with E-state index in [2.05, 4.69) is 33.0 Å². The number of alkyl halides is 1. The van der Waals surface area contributed by atoms with Gasteiger partial charge in [-0.05, 0) is 42.7 Å². The summed E-state index contributed by atoms with van der Waals surface area (Å²) in [4.78, 5) is 2.26.